The van der Waals surface area contributed by atoms with Crippen LogP contribution in [0.15, 0.2) is 28.9 Å². The fourth-order valence-electron chi connectivity index (χ4n) is 1.21. The molecule has 2 aromatic rings. The zero-order chi connectivity index (χ0) is 12.3. The minimum atomic E-state index is -0.371. The van der Waals surface area contributed by atoms with Crippen LogP contribution in [0.3, 0.4) is 0 Å². The smallest absolute Gasteiger partial charge is 0.276 e. The molecule has 4 N–H and O–H groups in total. The number of rotatable bonds is 3. The van der Waals surface area contributed by atoms with Crippen LogP contribution in [-0.2, 0) is 0 Å². The number of carbonyl (C=O) groups excluding carboxylic acids is 1. The standard InChI is InChI=1S/C10H11N5O2/c1-6-4-9(17-15-6)13-10(16)8-3-2-7(14-11)5-12-8/h2-5,14H,11H2,1H3,(H,13,16). The molecule has 0 saturated heterocycles. The van der Waals surface area contributed by atoms with Gasteiger partial charge in [0.1, 0.15) is 5.69 Å². The molecule has 0 aromatic carbocycles. The van der Waals surface area contributed by atoms with Gasteiger partial charge in [0.15, 0.2) is 0 Å². The van der Waals surface area contributed by atoms with Crippen LogP contribution in [0.1, 0.15) is 16.2 Å². The third-order valence-corrected chi connectivity index (χ3v) is 2.03. The van der Waals surface area contributed by atoms with Crippen molar-refractivity contribution in [2.75, 3.05) is 10.7 Å². The maximum Gasteiger partial charge on any atom is 0.276 e. The van der Waals surface area contributed by atoms with E-state index in [1.165, 1.54) is 6.20 Å². The first kappa shape index (κ1) is 11.1. The zero-order valence-electron chi connectivity index (χ0n) is 9.10. The number of aryl methyl sites for hydroxylation is 1. The summed E-state index contributed by atoms with van der Waals surface area (Å²) in [5.41, 5.74) is 4.00. The summed E-state index contributed by atoms with van der Waals surface area (Å²) in [4.78, 5) is 15.6. The molecule has 7 heteroatoms. The molecule has 0 atom stereocenters. The average molecular weight is 233 g/mol. The number of hydrazine groups is 1. The Kier molecular flexibility index (Phi) is 3.01. The van der Waals surface area contributed by atoms with Gasteiger partial charge in [0.05, 0.1) is 17.6 Å². The molecule has 0 bridgehead atoms. The Labute approximate surface area is 97.0 Å². The van der Waals surface area contributed by atoms with Crippen molar-refractivity contribution in [1.82, 2.24) is 10.1 Å². The lowest BCUT2D eigenvalue weighted by molar-refractivity contribution is 0.101. The summed E-state index contributed by atoms with van der Waals surface area (Å²) in [7, 11) is 0. The number of nitrogens with one attached hydrogen (secondary N) is 2. The molecule has 2 heterocycles. The number of nitrogens with two attached hydrogens (primary N) is 1. The molecule has 7 nitrogen and oxygen atoms in total. The van der Waals surface area contributed by atoms with Crippen LogP contribution >= 0.6 is 0 Å². The Morgan fingerprint density at radius 3 is 2.82 bits per heavy atom. The van der Waals surface area contributed by atoms with Gasteiger partial charge in [0.25, 0.3) is 5.91 Å². The van der Waals surface area contributed by atoms with Crippen molar-refractivity contribution in [2.45, 2.75) is 6.92 Å². The van der Waals surface area contributed by atoms with Crippen LogP contribution in [0.4, 0.5) is 11.6 Å². The van der Waals surface area contributed by atoms with Crippen LogP contribution < -0.4 is 16.6 Å². The molecule has 0 aliphatic carbocycles. The van der Waals surface area contributed by atoms with Gasteiger partial charge in [-0.2, -0.15) is 0 Å². The number of pyridine rings is 1. The molecule has 88 valence electrons. The summed E-state index contributed by atoms with van der Waals surface area (Å²) < 4.78 is 4.86. The predicted molar refractivity (Wildman–Crippen MR) is 61.2 cm³/mol. The molecule has 0 fully saturated rings. The largest absolute Gasteiger partial charge is 0.338 e. The van der Waals surface area contributed by atoms with Crippen molar-refractivity contribution in [2.24, 2.45) is 5.84 Å². The van der Waals surface area contributed by atoms with E-state index in [0.29, 0.717) is 11.4 Å². The van der Waals surface area contributed by atoms with Crippen LogP contribution in [0.2, 0.25) is 0 Å². The summed E-state index contributed by atoms with van der Waals surface area (Å²) >= 11 is 0. The monoisotopic (exact) mass is 233 g/mol. The second-order valence-electron chi connectivity index (χ2n) is 3.36. The van der Waals surface area contributed by atoms with Gasteiger partial charge in [-0.25, -0.2) is 4.98 Å². The lowest BCUT2D eigenvalue weighted by Gasteiger charge is -2.02. The second kappa shape index (κ2) is 4.62. The van der Waals surface area contributed by atoms with Crippen LogP contribution in [-0.4, -0.2) is 16.0 Å². The molecule has 17 heavy (non-hydrogen) atoms. The number of nitrogen functional groups attached to an aromatic ring is 1. The fraction of sp³-hybridized carbons (Fsp3) is 0.100. The van der Waals surface area contributed by atoms with Crippen molar-refractivity contribution in [3.63, 3.8) is 0 Å². The summed E-state index contributed by atoms with van der Waals surface area (Å²) in [6.07, 6.45) is 1.46. The van der Waals surface area contributed by atoms with Gasteiger partial charge >= 0.3 is 0 Å². The Bertz CT molecular complexity index is 520. The molecule has 0 aliphatic rings. The van der Waals surface area contributed by atoms with E-state index in [9.17, 15) is 4.79 Å². The minimum Gasteiger partial charge on any atom is -0.338 e. The Morgan fingerprint density at radius 1 is 1.47 bits per heavy atom. The van der Waals surface area contributed by atoms with E-state index in [2.05, 4.69) is 20.9 Å². The maximum atomic E-state index is 11.7. The number of hydrogen-bond donors (Lipinski definition) is 3. The van der Waals surface area contributed by atoms with Crippen molar-refractivity contribution in [3.8, 4) is 0 Å². The second-order valence-corrected chi connectivity index (χ2v) is 3.36. The number of carbonyl (C=O) groups is 1. The SMILES string of the molecule is Cc1cc(NC(=O)c2ccc(NN)cn2)on1. The van der Waals surface area contributed by atoms with E-state index in [4.69, 9.17) is 10.4 Å². The van der Waals surface area contributed by atoms with Crippen LogP contribution in [0.25, 0.3) is 0 Å². The maximum absolute atomic E-state index is 11.7. The number of anilines is 2. The Balaban J connectivity index is 2.09. The lowest BCUT2D eigenvalue weighted by Crippen LogP contribution is -2.14. The molecular formula is C10H11N5O2. The molecule has 0 saturated carbocycles. The molecule has 0 unspecified atom stereocenters. The van der Waals surface area contributed by atoms with E-state index in [1.54, 1.807) is 25.1 Å². The van der Waals surface area contributed by atoms with Gasteiger partial charge < -0.3 is 9.95 Å². The van der Waals surface area contributed by atoms with Crippen LogP contribution in [0.5, 0.6) is 0 Å². The molecule has 2 rings (SSSR count). The van der Waals surface area contributed by atoms with E-state index in [-0.39, 0.29) is 17.5 Å². The number of amides is 1. The molecule has 2 aromatic heterocycles. The summed E-state index contributed by atoms with van der Waals surface area (Å²) in [5.74, 6) is 5.11. The van der Waals surface area contributed by atoms with E-state index in [0.717, 1.165) is 0 Å². The summed E-state index contributed by atoms with van der Waals surface area (Å²) in [6, 6.07) is 4.81. The number of aromatic nitrogens is 2. The average Bonchev–Trinajstić information content (AvgIpc) is 2.75. The molecule has 0 radical (unpaired) electrons. The third-order valence-electron chi connectivity index (χ3n) is 2.03. The first-order valence-electron chi connectivity index (χ1n) is 4.86. The first-order chi connectivity index (χ1) is 8.19. The van der Waals surface area contributed by atoms with Crippen LogP contribution in [0, 0.1) is 6.92 Å². The highest BCUT2D eigenvalue weighted by Gasteiger charge is 2.10. The van der Waals surface area contributed by atoms with Crippen molar-refractivity contribution in [1.29, 1.82) is 0 Å². The van der Waals surface area contributed by atoms with E-state index in [1.807, 2.05) is 0 Å². The molecular weight excluding hydrogens is 222 g/mol. The van der Waals surface area contributed by atoms with Gasteiger partial charge in [-0.05, 0) is 19.1 Å². The normalized spacial score (nSPS) is 10.0. The molecule has 0 spiro atoms. The highest BCUT2D eigenvalue weighted by Crippen LogP contribution is 2.10. The van der Waals surface area contributed by atoms with Gasteiger partial charge in [-0.15, -0.1) is 0 Å². The Morgan fingerprint density at radius 2 is 2.29 bits per heavy atom. The minimum absolute atomic E-state index is 0.262. The van der Waals surface area contributed by atoms with Crippen molar-refractivity contribution in [3.05, 3.63) is 35.8 Å². The number of hydrogen-bond acceptors (Lipinski definition) is 6. The van der Waals surface area contributed by atoms with E-state index < -0.39 is 0 Å². The Hall–Kier alpha value is -2.41. The van der Waals surface area contributed by atoms with Crippen molar-refractivity contribution >= 4 is 17.5 Å². The summed E-state index contributed by atoms with van der Waals surface area (Å²) in [6.45, 7) is 1.76. The van der Waals surface area contributed by atoms with Gasteiger partial charge in [-0.3, -0.25) is 16.0 Å². The highest BCUT2D eigenvalue weighted by molar-refractivity contribution is 6.02. The first-order valence-corrected chi connectivity index (χ1v) is 4.86. The van der Waals surface area contributed by atoms with Gasteiger partial charge in [0.2, 0.25) is 5.88 Å². The lowest BCUT2D eigenvalue weighted by atomic mass is 10.3. The fourth-order valence-corrected chi connectivity index (χ4v) is 1.21. The third kappa shape index (κ3) is 2.58. The highest BCUT2D eigenvalue weighted by atomic mass is 16.5. The number of nitrogens with zero attached hydrogens (tertiary/aromatic N) is 2. The summed E-state index contributed by atoms with van der Waals surface area (Å²) in [5, 5.41) is 6.19. The molecule has 1 amide bonds. The van der Waals surface area contributed by atoms with Gasteiger partial charge in [0, 0.05) is 6.07 Å². The van der Waals surface area contributed by atoms with E-state index >= 15 is 0 Å². The quantitative estimate of drug-likeness (QED) is 0.537. The topological polar surface area (TPSA) is 106 Å². The van der Waals surface area contributed by atoms with Gasteiger partial charge in [-0.1, -0.05) is 5.16 Å². The predicted octanol–water partition coefficient (Wildman–Crippen LogP) is 0.916. The zero-order valence-corrected chi connectivity index (χ0v) is 9.10. The van der Waals surface area contributed by atoms with Crippen molar-refractivity contribution < 1.29 is 9.32 Å². The molecule has 0 aliphatic heterocycles.